The van der Waals surface area contributed by atoms with E-state index in [0.29, 0.717) is 0 Å². The van der Waals surface area contributed by atoms with Gasteiger partial charge in [0.2, 0.25) is 0 Å². The van der Waals surface area contributed by atoms with E-state index in [4.69, 9.17) is 0 Å². The SMILES string of the molecule is C=C(C(=O)OC)C(c1ccccc1F)C(C(C)=O)C(C)=O. The Morgan fingerprint density at radius 2 is 1.67 bits per heavy atom. The molecular formula is C16H17FO4. The van der Waals surface area contributed by atoms with Crippen LogP contribution in [0.1, 0.15) is 25.3 Å². The largest absolute Gasteiger partial charge is 0.466 e. The van der Waals surface area contributed by atoms with E-state index in [1.807, 2.05) is 0 Å². The zero-order chi connectivity index (χ0) is 16.2. The lowest BCUT2D eigenvalue weighted by Crippen LogP contribution is -2.31. The Balaban J connectivity index is 3.46. The normalized spacial score (nSPS) is 11.9. The second-order valence-corrected chi connectivity index (χ2v) is 4.71. The molecule has 1 aromatic rings. The maximum Gasteiger partial charge on any atom is 0.333 e. The van der Waals surface area contributed by atoms with Gasteiger partial charge in [0.25, 0.3) is 0 Å². The van der Waals surface area contributed by atoms with E-state index in [1.54, 1.807) is 6.07 Å². The van der Waals surface area contributed by atoms with E-state index >= 15 is 0 Å². The molecule has 0 saturated heterocycles. The van der Waals surface area contributed by atoms with Crippen LogP contribution in [0.4, 0.5) is 4.39 Å². The highest BCUT2D eigenvalue weighted by Crippen LogP contribution is 2.34. The van der Waals surface area contributed by atoms with Crippen LogP contribution in [0.2, 0.25) is 0 Å². The fourth-order valence-corrected chi connectivity index (χ4v) is 2.31. The van der Waals surface area contributed by atoms with Crippen LogP contribution in [-0.2, 0) is 19.1 Å². The lowest BCUT2D eigenvalue weighted by Gasteiger charge is -2.25. The molecule has 5 heteroatoms. The highest BCUT2D eigenvalue weighted by atomic mass is 19.1. The van der Waals surface area contributed by atoms with E-state index in [0.717, 1.165) is 7.11 Å². The van der Waals surface area contributed by atoms with Crippen LogP contribution in [0.3, 0.4) is 0 Å². The fourth-order valence-electron chi connectivity index (χ4n) is 2.31. The lowest BCUT2D eigenvalue weighted by molar-refractivity contribution is -0.136. The summed E-state index contributed by atoms with van der Waals surface area (Å²) in [6.45, 7) is 6.04. The molecule has 0 heterocycles. The number of carbonyl (C=O) groups is 3. The molecule has 0 aliphatic carbocycles. The molecule has 21 heavy (non-hydrogen) atoms. The maximum atomic E-state index is 14.0. The molecule has 0 saturated carbocycles. The van der Waals surface area contributed by atoms with Crippen molar-refractivity contribution in [2.45, 2.75) is 19.8 Å². The summed E-state index contributed by atoms with van der Waals surface area (Å²) in [5.41, 5.74) is -0.0544. The summed E-state index contributed by atoms with van der Waals surface area (Å²) in [7, 11) is 1.16. The minimum Gasteiger partial charge on any atom is -0.466 e. The van der Waals surface area contributed by atoms with Crippen molar-refractivity contribution in [2.24, 2.45) is 5.92 Å². The number of hydrogen-bond acceptors (Lipinski definition) is 4. The van der Waals surface area contributed by atoms with Gasteiger partial charge in [0, 0.05) is 11.5 Å². The van der Waals surface area contributed by atoms with Gasteiger partial charge in [0.15, 0.2) is 0 Å². The summed E-state index contributed by atoms with van der Waals surface area (Å²) >= 11 is 0. The van der Waals surface area contributed by atoms with Crippen molar-refractivity contribution < 1.29 is 23.5 Å². The molecule has 1 unspecified atom stereocenters. The Hall–Kier alpha value is -2.30. The molecular weight excluding hydrogens is 275 g/mol. The van der Waals surface area contributed by atoms with Crippen molar-refractivity contribution in [3.8, 4) is 0 Å². The Kier molecular flexibility index (Phi) is 5.52. The first kappa shape index (κ1) is 16.8. The standard InChI is InChI=1S/C16H17FO4/c1-9(16(20)21-4)14(15(10(2)18)11(3)19)12-7-5-6-8-13(12)17/h5-8,14-15H,1H2,2-4H3. The van der Waals surface area contributed by atoms with Gasteiger partial charge in [-0.2, -0.15) is 0 Å². The van der Waals surface area contributed by atoms with Crippen LogP contribution >= 0.6 is 0 Å². The molecule has 1 atom stereocenters. The van der Waals surface area contributed by atoms with Crippen molar-refractivity contribution in [1.82, 2.24) is 0 Å². The van der Waals surface area contributed by atoms with Gasteiger partial charge >= 0.3 is 5.97 Å². The monoisotopic (exact) mass is 292 g/mol. The molecule has 0 aliphatic rings. The Morgan fingerprint density at radius 3 is 2.10 bits per heavy atom. The third-order valence-electron chi connectivity index (χ3n) is 3.27. The number of esters is 1. The number of hydrogen-bond donors (Lipinski definition) is 0. The van der Waals surface area contributed by atoms with Gasteiger partial charge in [-0.3, -0.25) is 9.59 Å². The Bertz CT molecular complexity index is 578. The lowest BCUT2D eigenvalue weighted by atomic mass is 9.77. The summed E-state index contributed by atoms with van der Waals surface area (Å²) < 4.78 is 18.6. The van der Waals surface area contributed by atoms with Gasteiger partial charge in [-0.1, -0.05) is 24.8 Å². The zero-order valence-corrected chi connectivity index (χ0v) is 12.2. The van der Waals surface area contributed by atoms with E-state index in [2.05, 4.69) is 11.3 Å². The quantitative estimate of drug-likeness (QED) is 0.459. The van der Waals surface area contributed by atoms with Crippen molar-refractivity contribution in [1.29, 1.82) is 0 Å². The van der Waals surface area contributed by atoms with Gasteiger partial charge in [0.05, 0.1) is 13.0 Å². The highest BCUT2D eigenvalue weighted by molar-refractivity contribution is 6.03. The number of methoxy groups -OCH3 is 1. The van der Waals surface area contributed by atoms with Gasteiger partial charge in [-0.05, 0) is 25.5 Å². The molecule has 0 bridgehead atoms. The number of ether oxygens (including phenoxy) is 1. The number of Topliss-reactive ketones (excluding diaryl/α,β-unsaturated/α-hetero) is 2. The molecule has 1 aromatic carbocycles. The van der Waals surface area contributed by atoms with E-state index in [-0.39, 0.29) is 11.1 Å². The number of carbonyl (C=O) groups excluding carboxylic acids is 3. The number of rotatable bonds is 6. The summed E-state index contributed by atoms with van der Waals surface area (Å²) in [4.78, 5) is 35.3. The van der Waals surface area contributed by atoms with E-state index in [9.17, 15) is 18.8 Å². The van der Waals surface area contributed by atoms with Crippen LogP contribution in [0.15, 0.2) is 36.4 Å². The second-order valence-electron chi connectivity index (χ2n) is 4.71. The van der Waals surface area contributed by atoms with Gasteiger partial charge in [0.1, 0.15) is 17.4 Å². The summed E-state index contributed by atoms with van der Waals surface area (Å²) in [6.07, 6.45) is 0. The van der Waals surface area contributed by atoms with Crippen molar-refractivity contribution in [2.75, 3.05) is 7.11 Å². The van der Waals surface area contributed by atoms with Crippen molar-refractivity contribution in [3.63, 3.8) is 0 Å². The summed E-state index contributed by atoms with van der Waals surface area (Å²) in [6, 6.07) is 5.66. The van der Waals surface area contributed by atoms with Crippen LogP contribution in [-0.4, -0.2) is 24.6 Å². The van der Waals surface area contributed by atoms with E-state index in [1.165, 1.54) is 32.0 Å². The Morgan fingerprint density at radius 1 is 1.14 bits per heavy atom. The van der Waals surface area contributed by atoms with Crippen LogP contribution < -0.4 is 0 Å². The highest BCUT2D eigenvalue weighted by Gasteiger charge is 2.37. The molecule has 0 fully saturated rings. The molecule has 0 amide bonds. The molecule has 0 aromatic heterocycles. The zero-order valence-electron chi connectivity index (χ0n) is 12.2. The fraction of sp³-hybridized carbons (Fsp3) is 0.312. The minimum atomic E-state index is -1.17. The van der Waals surface area contributed by atoms with Crippen molar-refractivity contribution in [3.05, 3.63) is 47.8 Å². The molecule has 0 radical (unpaired) electrons. The average Bonchev–Trinajstić information content (AvgIpc) is 2.43. The van der Waals surface area contributed by atoms with Crippen LogP contribution in [0, 0.1) is 11.7 Å². The average molecular weight is 292 g/mol. The topological polar surface area (TPSA) is 60.4 Å². The predicted molar refractivity (Wildman–Crippen MR) is 75.1 cm³/mol. The minimum absolute atomic E-state index is 0.0725. The smallest absolute Gasteiger partial charge is 0.333 e. The van der Waals surface area contributed by atoms with Crippen molar-refractivity contribution >= 4 is 17.5 Å². The second kappa shape index (κ2) is 6.92. The molecule has 0 aliphatic heterocycles. The first-order chi connectivity index (χ1) is 9.81. The number of ketones is 2. The first-order valence-corrected chi connectivity index (χ1v) is 6.33. The summed E-state index contributed by atoms with van der Waals surface area (Å²) in [5.74, 6) is -4.56. The first-order valence-electron chi connectivity index (χ1n) is 6.33. The van der Waals surface area contributed by atoms with Gasteiger partial charge in [-0.15, -0.1) is 0 Å². The van der Waals surface area contributed by atoms with Gasteiger partial charge in [-0.25, -0.2) is 9.18 Å². The van der Waals surface area contributed by atoms with Crippen LogP contribution in [0.5, 0.6) is 0 Å². The third kappa shape index (κ3) is 3.62. The molecule has 1 rings (SSSR count). The summed E-state index contributed by atoms with van der Waals surface area (Å²) in [5, 5.41) is 0. The van der Waals surface area contributed by atoms with Crippen LogP contribution in [0.25, 0.3) is 0 Å². The Labute approximate surface area is 122 Å². The van der Waals surface area contributed by atoms with Gasteiger partial charge < -0.3 is 4.74 Å². The molecule has 0 N–H and O–H groups in total. The third-order valence-corrected chi connectivity index (χ3v) is 3.27. The maximum absolute atomic E-state index is 14.0. The van der Waals surface area contributed by atoms with E-state index < -0.39 is 35.2 Å². The number of benzene rings is 1. The predicted octanol–water partition coefficient (Wildman–Crippen LogP) is 2.43. The molecule has 0 spiro atoms. The molecule has 4 nitrogen and oxygen atoms in total. The number of halogens is 1. The molecule has 112 valence electrons.